The number of likely N-dealkylation sites (tertiary alicyclic amines) is 1. The highest BCUT2D eigenvalue weighted by atomic mass is 16.6. The summed E-state index contributed by atoms with van der Waals surface area (Å²) in [5, 5.41) is 22.7. The molecule has 0 bridgehead atoms. The quantitative estimate of drug-likeness (QED) is 0.136. The minimum atomic E-state index is -0.898. The van der Waals surface area contributed by atoms with Gasteiger partial charge < -0.3 is 19.5 Å². The molecule has 0 unspecified atom stereocenters. The van der Waals surface area contributed by atoms with Crippen LogP contribution in [-0.4, -0.2) is 70.9 Å². The van der Waals surface area contributed by atoms with Crippen LogP contribution in [0.25, 0.3) is 5.76 Å². The minimum Gasteiger partial charge on any atom is -0.507 e. The number of aliphatic hydroxyl groups excluding tert-OH is 1. The number of hydrogen-bond acceptors (Lipinski definition) is 8. The number of hydrogen-bond donors (Lipinski definition) is 1. The van der Waals surface area contributed by atoms with E-state index in [4.69, 9.17) is 9.47 Å². The Morgan fingerprint density at radius 2 is 1.73 bits per heavy atom. The lowest BCUT2D eigenvalue weighted by molar-refractivity contribution is -0.384. The zero-order chi connectivity index (χ0) is 28.9. The smallest absolute Gasteiger partial charge is 0.295 e. The molecule has 2 saturated heterocycles. The molecule has 41 heavy (non-hydrogen) atoms. The molecule has 2 heterocycles. The topological polar surface area (TPSA) is 122 Å². The summed E-state index contributed by atoms with van der Waals surface area (Å²) in [6.07, 6.45) is 0. The van der Waals surface area contributed by atoms with E-state index >= 15 is 0 Å². The maximum atomic E-state index is 13.4. The van der Waals surface area contributed by atoms with Gasteiger partial charge in [0.25, 0.3) is 17.4 Å². The Labute approximate surface area is 237 Å². The summed E-state index contributed by atoms with van der Waals surface area (Å²) in [4.78, 5) is 41.0. The van der Waals surface area contributed by atoms with Gasteiger partial charge in [-0.2, -0.15) is 0 Å². The molecule has 5 rings (SSSR count). The van der Waals surface area contributed by atoms with Crippen LogP contribution in [0.2, 0.25) is 0 Å². The van der Waals surface area contributed by atoms with E-state index in [-0.39, 0.29) is 23.6 Å². The number of ether oxygens (including phenoxy) is 2. The van der Waals surface area contributed by atoms with E-state index in [2.05, 4.69) is 4.90 Å². The molecule has 1 amide bonds. The molecule has 2 fully saturated rings. The maximum Gasteiger partial charge on any atom is 0.295 e. The third-order valence-electron chi connectivity index (χ3n) is 7.42. The fourth-order valence-electron chi connectivity index (χ4n) is 5.19. The molecule has 0 aromatic heterocycles. The lowest BCUT2D eigenvalue weighted by Gasteiger charge is -2.31. The number of carbonyl (C=O) groups is 2. The molecule has 0 aliphatic carbocycles. The number of nitro groups is 1. The van der Waals surface area contributed by atoms with Crippen LogP contribution in [-0.2, 0) is 20.9 Å². The molecule has 3 aromatic carbocycles. The van der Waals surface area contributed by atoms with Crippen LogP contribution in [0.1, 0.15) is 28.3 Å². The highest BCUT2D eigenvalue weighted by Crippen LogP contribution is 2.40. The number of aliphatic hydroxyl groups is 1. The van der Waals surface area contributed by atoms with Gasteiger partial charge in [0.1, 0.15) is 18.1 Å². The van der Waals surface area contributed by atoms with Crippen LogP contribution >= 0.6 is 0 Å². The van der Waals surface area contributed by atoms with Crippen LogP contribution < -0.4 is 4.74 Å². The van der Waals surface area contributed by atoms with Crippen LogP contribution in [0.15, 0.2) is 78.4 Å². The molecule has 212 valence electrons. The van der Waals surface area contributed by atoms with Crippen molar-refractivity contribution in [3.05, 3.63) is 111 Å². The largest absolute Gasteiger partial charge is 0.507 e. The number of carbonyl (C=O) groups excluding carboxylic acids is 2. The second kappa shape index (κ2) is 12.3. The van der Waals surface area contributed by atoms with Crippen molar-refractivity contribution in [1.82, 2.24) is 9.80 Å². The number of ketones is 1. The third kappa shape index (κ3) is 6.13. The molecular formula is C31H31N3O7. The van der Waals surface area contributed by atoms with Crippen molar-refractivity contribution in [2.75, 3.05) is 39.4 Å². The maximum absolute atomic E-state index is 13.4. The molecule has 2 aliphatic rings. The zero-order valence-corrected chi connectivity index (χ0v) is 22.7. The van der Waals surface area contributed by atoms with E-state index in [1.54, 1.807) is 25.1 Å². The summed E-state index contributed by atoms with van der Waals surface area (Å²) in [5.74, 6) is -1.21. The highest BCUT2D eigenvalue weighted by Gasteiger charge is 2.46. The van der Waals surface area contributed by atoms with Gasteiger partial charge in [0.2, 0.25) is 0 Å². The van der Waals surface area contributed by atoms with E-state index in [1.807, 2.05) is 30.3 Å². The number of aryl methyl sites for hydroxylation is 1. The van der Waals surface area contributed by atoms with Gasteiger partial charge in [-0.05, 0) is 53.9 Å². The number of non-ortho nitro benzene ring substituents is 1. The van der Waals surface area contributed by atoms with E-state index < -0.39 is 22.7 Å². The Balaban J connectivity index is 1.47. The average molecular weight is 558 g/mol. The van der Waals surface area contributed by atoms with Gasteiger partial charge in [0.15, 0.2) is 0 Å². The van der Waals surface area contributed by atoms with Gasteiger partial charge in [-0.25, -0.2) is 0 Å². The van der Waals surface area contributed by atoms with E-state index in [1.165, 1.54) is 29.2 Å². The number of Topliss-reactive ketones (excluding diaryl/α,β-unsaturated/α-hetero) is 1. The SMILES string of the molecule is Cc1cc(OCc2ccccc2)ccc1C(O)=C1C(=O)C(=O)N(CCN2CCOCC2)[C@@H]1c1ccc([N+](=O)[O-])cc1. The molecular weight excluding hydrogens is 526 g/mol. The van der Waals surface area contributed by atoms with Crippen molar-refractivity contribution in [3.63, 3.8) is 0 Å². The molecule has 10 nitrogen and oxygen atoms in total. The van der Waals surface area contributed by atoms with Crippen molar-refractivity contribution in [2.45, 2.75) is 19.6 Å². The van der Waals surface area contributed by atoms with Crippen LogP contribution in [0.5, 0.6) is 5.75 Å². The summed E-state index contributed by atoms with van der Waals surface area (Å²) >= 11 is 0. The van der Waals surface area contributed by atoms with Crippen LogP contribution in [0, 0.1) is 17.0 Å². The third-order valence-corrected chi connectivity index (χ3v) is 7.42. The summed E-state index contributed by atoms with van der Waals surface area (Å²) in [5.41, 5.74) is 2.41. The molecule has 0 radical (unpaired) electrons. The molecule has 0 spiro atoms. The van der Waals surface area contributed by atoms with Gasteiger partial charge in [0, 0.05) is 43.9 Å². The number of morpholine rings is 1. The molecule has 3 aromatic rings. The summed E-state index contributed by atoms with van der Waals surface area (Å²) in [6.45, 7) is 5.54. The second-order valence-corrected chi connectivity index (χ2v) is 10.0. The van der Waals surface area contributed by atoms with E-state index in [0.717, 1.165) is 5.56 Å². The predicted molar refractivity (Wildman–Crippen MR) is 151 cm³/mol. The van der Waals surface area contributed by atoms with Crippen molar-refractivity contribution < 1.29 is 29.1 Å². The first kappa shape index (κ1) is 28.0. The predicted octanol–water partition coefficient (Wildman–Crippen LogP) is 4.24. The normalized spacial score (nSPS) is 19.0. The molecule has 1 atom stereocenters. The Bertz CT molecular complexity index is 1460. The van der Waals surface area contributed by atoms with Crippen molar-refractivity contribution >= 4 is 23.1 Å². The summed E-state index contributed by atoms with van der Waals surface area (Å²) in [7, 11) is 0. The Kier molecular flexibility index (Phi) is 8.42. The molecule has 2 aliphatic heterocycles. The van der Waals surface area contributed by atoms with Gasteiger partial charge >= 0.3 is 0 Å². The first-order valence-electron chi connectivity index (χ1n) is 13.4. The molecule has 1 N–H and O–H groups in total. The van der Waals surface area contributed by atoms with Gasteiger partial charge in [-0.15, -0.1) is 0 Å². The van der Waals surface area contributed by atoms with Crippen molar-refractivity contribution in [2.24, 2.45) is 0 Å². The average Bonchev–Trinajstić information content (AvgIpc) is 3.25. The summed E-state index contributed by atoms with van der Waals surface area (Å²) < 4.78 is 11.3. The number of nitro benzene ring substituents is 1. The lowest BCUT2D eigenvalue weighted by atomic mass is 9.93. The summed E-state index contributed by atoms with van der Waals surface area (Å²) in [6, 6.07) is 19.7. The standard InChI is InChI=1S/C31H31N3O7/c1-21-19-25(41-20-22-5-3-2-4-6-22)11-12-26(21)29(35)27-28(23-7-9-24(10-8-23)34(38)39)33(31(37)30(27)36)14-13-32-15-17-40-18-16-32/h2-12,19,28,35H,13-18,20H2,1H3/t28-/m1/s1. The first-order chi connectivity index (χ1) is 19.8. The lowest BCUT2D eigenvalue weighted by Crippen LogP contribution is -2.42. The number of rotatable bonds is 9. The minimum absolute atomic E-state index is 0.0492. The van der Waals surface area contributed by atoms with Crippen molar-refractivity contribution in [3.8, 4) is 5.75 Å². The fraction of sp³-hybridized carbons (Fsp3) is 0.290. The van der Waals surface area contributed by atoms with E-state index in [0.29, 0.717) is 61.9 Å². The van der Waals surface area contributed by atoms with E-state index in [9.17, 15) is 24.8 Å². The fourth-order valence-corrected chi connectivity index (χ4v) is 5.19. The number of benzene rings is 3. The second-order valence-electron chi connectivity index (χ2n) is 10.0. The Morgan fingerprint density at radius 3 is 2.39 bits per heavy atom. The van der Waals surface area contributed by atoms with Gasteiger partial charge in [-0.1, -0.05) is 30.3 Å². The molecule has 10 heteroatoms. The van der Waals surface area contributed by atoms with Crippen molar-refractivity contribution in [1.29, 1.82) is 0 Å². The highest BCUT2D eigenvalue weighted by molar-refractivity contribution is 6.46. The van der Waals surface area contributed by atoms with Gasteiger partial charge in [0.05, 0.1) is 29.8 Å². The first-order valence-corrected chi connectivity index (χ1v) is 13.4. The van der Waals surface area contributed by atoms with Crippen LogP contribution in [0.4, 0.5) is 5.69 Å². The Hall–Kier alpha value is -4.54. The number of amides is 1. The number of nitrogens with zero attached hydrogens (tertiary/aromatic N) is 3. The van der Waals surface area contributed by atoms with Crippen LogP contribution in [0.3, 0.4) is 0 Å². The molecule has 0 saturated carbocycles. The Morgan fingerprint density at radius 1 is 1.02 bits per heavy atom. The monoisotopic (exact) mass is 557 g/mol. The zero-order valence-electron chi connectivity index (χ0n) is 22.7. The van der Waals surface area contributed by atoms with Gasteiger partial charge in [-0.3, -0.25) is 24.6 Å².